The number of carbonyl (C=O) groups excluding carboxylic acids is 1. The average molecular weight is 440 g/mol. The number of rotatable bonds is 7. The number of aromatic nitrogens is 2. The van der Waals surface area contributed by atoms with Crippen molar-refractivity contribution in [1.82, 2.24) is 15.3 Å². The van der Waals surface area contributed by atoms with E-state index in [1.54, 1.807) is 24.4 Å². The predicted molar refractivity (Wildman–Crippen MR) is 113 cm³/mol. The number of carbonyl (C=O) groups is 1. The third kappa shape index (κ3) is 4.43. The summed E-state index contributed by atoms with van der Waals surface area (Å²) in [6.07, 6.45) is 8.99. The third-order valence-electron chi connectivity index (χ3n) is 4.30. The summed E-state index contributed by atoms with van der Waals surface area (Å²) in [7, 11) is 2.46. The number of halogens is 1. The molecular weight excluding hydrogens is 423 g/mol. The second kappa shape index (κ2) is 9.47. The number of benzene rings is 1. The van der Waals surface area contributed by atoms with Crippen LogP contribution in [0.1, 0.15) is 16.1 Å². The van der Waals surface area contributed by atoms with Crippen LogP contribution in [0, 0.1) is 21.3 Å². The van der Waals surface area contributed by atoms with Crippen LogP contribution in [0.25, 0.3) is 5.57 Å². The van der Waals surface area contributed by atoms with Crippen molar-refractivity contribution in [3.8, 4) is 5.75 Å². The zero-order valence-electron chi connectivity index (χ0n) is 16.9. The molecular formula is C20H17FN6O5. The van der Waals surface area contributed by atoms with E-state index in [-0.39, 0.29) is 34.2 Å². The van der Waals surface area contributed by atoms with Gasteiger partial charge in [-0.3, -0.25) is 10.1 Å². The lowest BCUT2D eigenvalue weighted by Crippen LogP contribution is -2.15. The highest BCUT2D eigenvalue weighted by atomic mass is 19.1. The molecule has 0 spiro atoms. The van der Waals surface area contributed by atoms with Gasteiger partial charge in [0.1, 0.15) is 11.3 Å². The van der Waals surface area contributed by atoms with Crippen molar-refractivity contribution in [3.63, 3.8) is 0 Å². The molecule has 0 bridgehead atoms. The van der Waals surface area contributed by atoms with Gasteiger partial charge in [-0.2, -0.15) is 4.39 Å². The van der Waals surface area contributed by atoms with Crippen molar-refractivity contribution in [3.05, 3.63) is 75.6 Å². The van der Waals surface area contributed by atoms with Crippen LogP contribution in [-0.2, 0) is 4.74 Å². The summed E-state index contributed by atoms with van der Waals surface area (Å²) < 4.78 is 23.8. The number of esters is 1. The van der Waals surface area contributed by atoms with Crippen molar-refractivity contribution in [2.45, 2.75) is 0 Å². The summed E-state index contributed by atoms with van der Waals surface area (Å²) in [5.74, 6) is -1.90. The number of nitro benzene ring substituents is 1. The van der Waals surface area contributed by atoms with Gasteiger partial charge in [-0.1, -0.05) is 6.08 Å². The number of hydrogen-bond donors (Lipinski definition) is 3. The molecule has 0 saturated heterocycles. The number of nitrogens with zero attached hydrogens (tertiary/aromatic N) is 3. The largest absolute Gasteiger partial charge is 0.494 e. The van der Waals surface area contributed by atoms with Crippen LogP contribution < -0.4 is 15.4 Å². The molecule has 12 heteroatoms. The van der Waals surface area contributed by atoms with E-state index < -0.39 is 22.4 Å². The van der Waals surface area contributed by atoms with Crippen molar-refractivity contribution >= 4 is 35.1 Å². The summed E-state index contributed by atoms with van der Waals surface area (Å²) in [5, 5.41) is 24.6. The maximum atomic E-state index is 13.9. The van der Waals surface area contributed by atoms with E-state index in [4.69, 9.17) is 14.9 Å². The fourth-order valence-corrected chi connectivity index (χ4v) is 2.81. The van der Waals surface area contributed by atoms with E-state index in [0.29, 0.717) is 5.70 Å². The Bertz CT molecular complexity index is 1190. The summed E-state index contributed by atoms with van der Waals surface area (Å²) >= 11 is 0. The van der Waals surface area contributed by atoms with Gasteiger partial charge in [0, 0.05) is 42.0 Å². The number of anilines is 2. The minimum Gasteiger partial charge on any atom is -0.494 e. The topological polar surface area (TPSA) is 152 Å². The van der Waals surface area contributed by atoms with Crippen LogP contribution in [0.2, 0.25) is 0 Å². The van der Waals surface area contributed by atoms with Crippen molar-refractivity contribution < 1.29 is 23.6 Å². The first-order chi connectivity index (χ1) is 15.4. The molecule has 32 heavy (non-hydrogen) atoms. The van der Waals surface area contributed by atoms with Gasteiger partial charge in [-0.15, -0.1) is 0 Å². The first-order valence-corrected chi connectivity index (χ1v) is 8.98. The van der Waals surface area contributed by atoms with Crippen LogP contribution >= 0.6 is 0 Å². The van der Waals surface area contributed by atoms with E-state index in [1.807, 2.05) is 0 Å². The molecule has 0 saturated carbocycles. The molecule has 11 nitrogen and oxygen atoms in total. The minimum absolute atomic E-state index is 0.00847. The highest BCUT2D eigenvalue weighted by Crippen LogP contribution is 2.33. The number of nitro groups is 1. The summed E-state index contributed by atoms with van der Waals surface area (Å²) in [4.78, 5) is 30.8. The van der Waals surface area contributed by atoms with Crippen LogP contribution in [0.3, 0.4) is 0 Å². The average Bonchev–Trinajstić information content (AvgIpc) is 2.80. The zero-order chi connectivity index (χ0) is 23.3. The monoisotopic (exact) mass is 440 g/mol. The SMILES string of the molecule is COC(=O)c1cnc(Nc2cc([N+](=O)[O-])c(F)cc2OC)nc1/C(C=N)=C1\C=CC=CN1. The maximum absolute atomic E-state index is 13.9. The fraction of sp³-hybridized carbons (Fsp3) is 0.100. The third-order valence-corrected chi connectivity index (χ3v) is 4.30. The lowest BCUT2D eigenvalue weighted by molar-refractivity contribution is -0.387. The second-order valence-electron chi connectivity index (χ2n) is 6.17. The van der Waals surface area contributed by atoms with Crippen molar-refractivity contribution in [2.75, 3.05) is 19.5 Å². The van der Waals surface area contributed by atoms with Crippen molar-refractivity contribution in [2.24, 2.45) is 0 Å². The van der Waals surface area contributed by atoms with Gasteiger partial charge in [-0.05, 0) is 12.2 Å². The quantitative estimate of drug-likeness (QED) is 0.255. The van der Waals surface area contributed by atoms with E-state index in [1.165, 1.54) is 20.4 Å². The van der Waals surface area contributed by atoms with E-state index in [2.05, 4.69) is 20.6 Å². The first kappa shape index (κ1) is 22.1. The number of ether oxygens (including phenoxy) is 2. The van der Waals surface area contributed by atoms with Gasteiger partial charge < -0.3 is 25.5 Å². The van der Waals surface area contributed by atoms with E-state index in [9.17, 15) is 19.3 Å². The Morgan fingerprint density at radius 2 is 2.12 bits per heavy atom. The Morgan fingerprint density at radius 3 is 2.72 bits per heavy atom. The van der Waals surface area contributed by atoms with E-state index in [0.717, 1.165) is 18.3 Å². The second-order valence-corrected chi connectivity index (χ2v) is 6.17. The standard InChI is InChI=1S/C20H17FN6O5/c1-31-17-7-13(21)16(27(29)30)8-15(17)25-20-24-10-12(19(28)32-2)18(26-20)11(9-22)14-5-3-4-6-23-14/h3-10,22-23H,1-2H3,(H,24,25,26)/b14-11+,22-9?. The number of allylic oxidation sites excluding steroid dienone is 4. The van der Waals surface area contributed by atoms with Gasteiger partial charge in [0.05, 0.1) is 30.5 Å². The molecule has 0 radical (unpaired) electrons. The predicted octanol–water partition coefficient (Wildman–Crippen LogP) is 3.10. The normalized spacial score (nSPS) is 13.7. The molecule has 0 amide bonds. The van der Waals surface area contributed by atoms with Crippen molar-refractivity contribution in [1.29, 1.82) is 5.41 Å². The van der Waals surface area contributed by atoms with Crippen LogP contribution in [-0.4, -0.2) is 41.3 Å². The molecule has 3 rings (SSSR count). The summed E-state index contributed by atoms with van der Waals surface area (Å²) in [5.41, 5.74) is 0.0689. The highest BCUT2D eigenvalue weighted by Gasteiger charge is 2.22. The molecule has 1 aliphatic rings. The Balaban J connectivity index is 2.13. The molecule has 0 fully saturated rings. The van der Waals surface area contributed by atoms with Gasteiger partial charge >= 0.3 is 11.7 Å². The zero-order valence-corrected chi connectivity index (χ0v) is 16.9. The molecule has 2 aromatic rings. The van der Waals surface area contributed by atoms with Gasteiger partial charge in [0.15, 0.2) is 0 Å². The number of dihydropyridines is 1. The molecule has 0 atom stereocenters. The Kier molecular flexibility index (Phi) is 6.53. The Morgan fingerprint density at radius 1 is 1.34 bits per heavy atom. The van der Waals surface area contributed by atoms with Crippen LogP contribution in [0.4, 0.5) is 21.7 Å². The minimum atomic E-state index is -1.07. The van der Waals surface area contributed by atoms with Gasteiger partial charge in [0.2, 0.25) is 11.8 Å². The Hall–Kier alpha value is -4.61. The van der Waals surface area contributed by atoms with Crippen LogP contribution in [0.15, 0.2) is 48.5 Å². The number of hydrogen-bond acceptors (Lipinski definition) is 10. The number of methoxy groups -OCH3 is 2. The summed E-state index contributed by atoms with van der Waals surface area (Å²) in [6.45, 7) is 0. The molecule has 2 heterocycles. The van der Waals surface area contributed by atoms with E-state index >= 15 is 0 Å². The smallest absolute Gasteiger partial charge is 0.341 e. The van der Waals surface area contributed by atoms with Gasteiger partial charge in [0.25, 0.3) is 0 Å². The fourth-order valence-electron chi connectivity index (χ4n) is 2.81. The molecule has 0 aliphatic carbocycles. The lowest BCUT2D eigenvalue weighted by atomic mass is 10.0. The molecule has 3 N–H and O–H groups in total. The lowest BCUT2D eigenvalue weighted by Gasteiger charge is -2.15. The molecule has 164 valence electrons. The number of nitrogens with one attached hydrogen (secondary N) is 3. The van der Waals surface area contributed by atoms with Gasteiger partial charge in [-0.25, -0.2) is 14.8 Å². The molecule has 1 aromatic heterocycles. The molecule has 1 aliphatic heterocycles. The summed E-state index contributed by atoms with van der Waals surface area (Å²) in [6, 6.07) is 1.80. The molecule has 0 unspecified atom stereocenters. The van der Waals surface area contributed by atoms with Crippen LogP contribution in [0.5, 0.6) is 5.75 Å². The maximum Gasteiger partial charge on any atom is 0.341 e. The Labute approximate surface area is 180 Å². The first-order valence-electron chi connectivity index (χ1n) is 8.98. The molecule has 1 aromatic carbocycles. The highest BCUT2D eigenvalue weighted by molar-refractivity contribution is 6.13.